The lowest BCUT2D eigenvalue weighted by Gasteiger charge is -2.46. The van der Waals surface area contributed by atoms with Crippen LogP contribution in [0.5, 0.6) is 0 Å². The van der Waals surface area contributed by atoms with Crippen LogP contribution >= 0.6 is 0 Å². The summed E-state index contributed by atoms with van der Waals surface area (Å²) in [6.07, 6.45) is 0. The van der Waals surface area contributed by atoms with Crippen LogP contribution in [0.1, 0.15) is 316 Å². The number of anilines is 6. The molecule has 0 amide bonds. The molecule has 4 heterocycles. The van der Waals surface area contributed by atoms with Crippen LogP contribution in [0.25, 0.3) is 111 Å². The molecule has 0 spiro atoms. The zero-order chi connectivity index (χ0) is 99.0. The Morgan fingerprint density at radius 2 is 0.460 bits per heavy atom. The molecule has 0 unspecified atom stereocenters. The molecule has 0 radical (unpaired) electrons. The number of rotatable bonds is 9. The van der Waals surface area contributed by atoms with Gasteiger partial charge in [-0.05, 0) is 260 Å². The summed E-state index contributed by atoms with van der Waals surface area (Å²) in [6.45, 7) is 85.2. The van der Waals surface area contributed by atoms with E-state index in [1.54, 1.807) is 0 Å². The van der Waals surface area contributed by atoms with E-state index in [1.165, 1.54) is 144 Å². The molecule has 0 fully saturated rings. The first kappa shape index (κ1) is 95.6. The molecule has 4 nitrogen and oxygen atoms in total. The third kappa shape index (κ3) is 17.3. The van der Waals surface area contributed by atoms with Gasteiger partial charge in [0.25, 0.3) is 6.71 Å². The Morgan fingerprint density at radius 1 is 0.182 bits per heavy atom. The summed E-state index contributed by atoms with van der Waals surface area (Å²) in [5, 5.41) is 4.99. The van der Waals surface area contributed by atoms with E-state index in [4.69, 9.17) is 0 Å². The maximum absolute atomic E-state index is 2.83. The average Bonchev–Trinajstić information content (AvgIpc) is 1.49. The molecule has 14 aromatic carbocycles. The van der Waals surface area contributed by atoms with Gasteiger partial charge in [-0.15, -0.1) is 0 Å². The molecular weight excluding hydrogens is 1650 g/mol. The Bertz CT molecular complexity index is 7350. The third-order valence-corrected chi connectivity index (χ3v) is 30.2. The van der Waals surface area contributed by atoms with E-state index in [0.29, 0.717) is 0 Å². The fourth-order valence-corrected chi connectivity index (χ4v) is 21.5. The van der Waals surface area contributed by atoms with Crippen LogP contribution in [0, 0.1) is 0 Å². The van der Waals surface area contributed by atoms with Crippen molar-refractivity contribution in [3.63, 3.8) is 0 Å². The second kappa shape index (κ2) is 32.5. The van der Waals surface area contributed by atoms with E-state index in [2.05, 4.69) is 529 Å². The van der Waals surface area contributed by atoms with Gasteiger partial charge in [-0.3, -0.25) is 0 Å². The second-order valence-electron chi connectivity index (χ2n) is 53.0. The van der Waals surface area contributed by atoms with Gasteiger partial charge in [-0.1, -0.05) is 431 Å². The zero-order valence-electron chi connectivity index (χ0n) is 89.7. The van der Waals surface area contributed by atoms with Gasteiger partial charge in [-0.2, -0.15) is 0 Å². The summed E-state index contributed by atoms with van der Waals surface area (Å²) in [5.74, 6) is 0. The minimum absolute atomic E-state index is 0.0971. The molecule has 702 valence electrons. The summed E-state index contributed by atoms with van der Waals surface area (Å²) in [6, 6.07) is 107. The Labute approximate surface area is 822 Å². The molecule has 0 atom stereocenters. The Hall–Kier alpha value is -11.7. The van der Waals surface area contributed by atoms with Crippen LogP contribution in [0.4, 0.5) is 34.1 Å². The van der Waals surface area contributed by atoms with Crippen LogP contribution < -0.4 is 26.2 Å². The summed E-state index contributed by atoms with van der Waals surface area (Å²) in [7, 11) is 0. The minimum Gasteiger partial charge on any atom is -0.310 e. The van der Waals surface area contributed by atoms with Crippen LogP contribution in [-0.2, 0) is 65.0 Å². The van der Waals surface area contributed by atoms with E-state index < -0.39 is 0 Å². The smallest absolute Gasteiger partial charge is 0.252 e. The van der Waals surface area contributed by atoms with E-state index in [-0.39, 0.29) is 71.7 Å². The number of nitrogens with zero attached hydrogens (tertiary/aromatic N) is 4. The number of aromatic nitrogens is 2. The summed E-state index contributed by atoms with van der Waals surface area (Å²) < 4.78 is 5.29. The van der Waals surface area contributed by atoms with Crippen molar-refractivity contribution in [2.24, 2.45) is 0 Å². The van der Waals surface area contributed by atoms with Gasteiger partial charge < -0.3 is 18.9 Å². The van der Waals surface area contributed by atoms with E-state index in [0.717, 1.165) is 84.3 Å². The molecule has 5 heteroatoms. The highest BCUT2D eigenvalue weighted by Gasteiger charge is 2.48. The third-order valence-electron chi connectivity index (χ3n) is 30.2. The lowest BCUT2D eigenvalue weighted by atomic mass is 9.33. The summed E-state index contributed by atoms with van der Waals surface area (Å²) in [5.41, 5.74) is 42.8. The van der Waals surface area contributed by atoms with Crippen LogP contribution in [0.3, 0.4) is 0 Å². The van der Waals surface area contributed by atoms with Crippen molar-refractivity contribution in [3.8, 4) is 67.0 Å². The molecule has 0 saturated carbocycles. The van der Waals surface area contributed by atoms with Gasteiger partial charge in [-0.25, -0.2) is 0 Å². The first-order valence-corrected chi connectivity index (χ1v) is 50.7. The molecular formula is C132H151BN4. The van der Waals surface area contributed by atoms with E-state index >= 15 is 0 Å². The maximum Gasteiger partial charge on any atom is 0.252 e. The number of para-hydroxylation sites is 2. The largest absolute Gasteiger partial charge is 0.310 e. The van der Waals surface area contributed by atoms with Gasteiger partial charge in [0.1, 0.15) is 0 Å². The molecule has 18 rings (SSSR count). The molecule has 0 N–H and O–H groups in total. The van der Waals surface area contributed by atoms with Gasteiger partial charge >= 0.3 is 0 Å². The molecule has 0 saturated heterocycles. The SMILES string of the molecule is CC(C)(C)c1ccc(-c2cccc(-c3ccc(C(C)(C)C)cc3C(C)(C)C)c2N2c3cc(-c4cc(C(C)(C)C)cc(C(C)(C)C)c4)ccc3B3c4ccc(-n5c6ccc(C(C)(C)C)cc6c6cc(C(C)(C)C)ccc65)cc4N(c4c(-c5ccc(C(C)(C)C)cc5)cccc4-c4ccc(C(C)(C)C)cc4C(C)(C)C)c4cc(-n5c6ccc(C(C)(C)C)cc6c6cc(C(C)(C)C)ccc65)cc2c43)cc1. The van der Waals surface area contributed by atoms with Crippen molar-refractivity contribution in [3.05, 3.63) is 328 Å². The Balaban J connectivity index is 1.11. The Morgan fingerprint density at radius 3 is 0.788 bits per heavy atom. The minimum atomic E-state index is -0.347. The topological polar surface area (TPSA) is 16.3 Å². The number of hydrogen-bond acceptors (Lipinski definition) is 2. The molecule has 16 aromatic rings. The normalized spacial score (nSPS) is 13.9. The highest BCUT2D eigenvalue weighted by Crippen LogP contribution is 2.58. The van der Waals surface area contributed by atoms with Gasteiger partial charge in [0.15, 0.2) is 0 Å². The molecule has 137 heavy (non-hydrogen) atoms. The van der Waals surface area contributed by atoms with Crippen molar-refractivity contribution in [1.82, 2.24) is 9.13 Å². The molecule has 0 aliphatic carbocycles. The van der Waals surface area contributed by atoms with E-state index in [1.807, 2.05) is 0 Å². The fourth-order valence-electron chi connectivity index (χ4n) is 21.5. The summed E-state index contributed by atoms with van der Waals surface area (Å²) >= 11 is 0. The zero-order valence-corrected chi connectivity index (χ0v) is 89.7. The molecule has 0 bridgehead atoms. The lowest BCUT2D eigenvalue weighted by molar-refractivity contribution is 0.568. The van der Waals surface area contributed by atoms with Crippen LogP contribution in [-0.4, -0.2) is 15.8 Å². The highest BCUT2D eigenvalue weighted by molar-refractivity contribution is 7.00. The standard InChI is InChI=1S/C132H151BN4/c1-121(2,3)84-48-43-80(44-49-84)96-39-37-41-100(98-59-52-90(127(19,20)21)75-106(98)131(31,32)33)119(96)136-114-69-82(83-67-92(129(25,26)27)70-93(68-83)130(28,29)30)47-61-108(114)133-109-62-58-94(134-110-63-54-86(123(7,8)9)71-102(110)103-72-87(124(10,11)12)55-64-111(103)134)77-115(109)137(117-79-95(78-116(136)118(117)133)135-112-65-56-88(125(13,14)15)73-104(112)105-74-89(126(16,17)18)57-66-113(105)135)120-97(81-45-50-85(51-46-81)122(4,5)6)40-38-42-101(120)99-60-53-91(128(22,23)24)76-107(99)132(34,35)36/h37-79H,1-36H3. The van der Waals surface area contributed by atoms with Crippen molar-refractivity contribution in [1.29, 1.82) is 0 Å². The lowest BCUT2D eigenvalue weighted by Crippen LogP contribution is -2.61. The second-order valence-corrected chi connectivity index (χ2v) is 53.0. The first-order valence-electron chi connectivity index (χ1n) is 50.7. The number of benzene rings is 14. The van der Waals surface area contributed by atoms with Crippen LogP contribution in [0.2, 0.25) is 0 Å². The molecule has 2 aliphatic rings. The Kier molecular flexibility index (Phi) is 22.7. The average molecular weight is 1800 g/mol. The quantitative estimate of drug-likeness (QED) is 0.134. The summed E-state index contributed by atoms with van der Waals surface area (Å²) in [4.78, 5) is 5.67. The van der Waals surface area contributed by atoms with Crippen molar-refractivity contribution in [2.75, 3.05) is 9.80 Å². The predicted octanol–water partition coefficient (Wildman–Crippen LogP) is 35.9. The fraction of sp³-hybridized carbons (Fsp3) is 0.364. The van der Waals surface area contributed by atoms with Crippen LogP contribution in [0.15, 0.2) is 261 Å². The monoisotopic (exact) mass is 1800 g/mol. The number of fused-ring (bicyclic) bond motifs is 10. The van der Waals surface area contributed by atoms with Crippen molar-refractivity contribution >= 4 is 101 Å². The van der Waals surface area contributed by atoms with Gasteiger partial charge in [0.05, 0.1) is 39.1 Å². The molecule has 2 aliphatic heterocycles. The first-order chi connectivity index (χ1) is 63.5. The predicted molar refractivity (Wildman–Crippen MR) is 601 cm³/mol. The van der Waals surface area contributed by atoms with Gasteiger partial charge in [0, 0.05) is 72.2 Å². The van der Waals surface area contributed by atoms with Crippen molar-refractivity contribution < 1.29 is 0 Å². The van der Waals surface area contributed by atoms with Crippen molar-refractivity contribution in [2.45, 2.75) is 314 Å². The van der Waals surface area contributed by atoms with Gasteiger partial charge in [0.2, 0.25) is 0 Å². The molecule has 2 aromatic heterocycles. The maximum atomic E-state index is 2.83. The number of hydrogen-bond donors (Lipinski definition) is 0. The van der Waals surface area contributed by atoms with E-state index in [9.17, 15) is 0 Å². The highest BCUT2D eigenvalue weighted by atomic mass is 15.2.